The van der Waals surface area contributed by atoms with E-state index in [0.717, 1.165) is 56.9 Å². The van der Waals surface area contributed by atoms with Crippen molar-refractivity contribution in [3.8, 4) is 6.07 Å². The van der Waals surface area contributed by atoms with E-state index in [1.165, 1.54) is 0 Å². The van der Waals surface area contributed by atoms with Gasteiger partial charge in [-0.3, -0.25) is 0 Å². The first-order valence-corrected chi connectivity index (χ1v) is 7.94. The van der Waals surface area contributed by atoms with Gasteiger partial charge in [0.05, 0.1) is 18.3 Å². The Labute approximate surface area is 122 Å². The summed E-state index contributed by atoms with van der Waals surface area (Å²) in [6.45, 7) is 0. The van der Waals surface area contributed by atoms with Crippen LogP contribution in [0.1, 0.15) is 51.4 Å². The lowest BCUT2D eigenvalue weighted by Crippen LogP contribution is -2.22. The molecule has 0 amide bonds. The van der Waals surface area contributed by atoms with Crippen LogP contribution in [-0.4, -0.2) is 26.4 Å². The number of hydrogen-bond acceptors (Lipinski definition) is 3. The molecule has 0 unspecified atom stereocenters. The maximum atomic E-state index is 9.46. The van der Waals surface area contributed by atoms with Crippen molar-refractivity contribution in [1.29, 1.82) is 5.26 Å². The number of hydrogen-bond donors (Lipinski definition) is 0. The summed E-state index contributed by atoms with van der Waals surface area (Å²) in [6, 6.07) is 2.47. The molecular formula is C17H27NO2. The Kier molecular flexibility index (Phi) is 6.06. The molecule has 2 saturated carbocycles. The lowest BCUT2D eigenvalue weighted by Gasteiger charge is -2.29. The molecule has 0 aromatic carbocycles. The smallest absolute Gasteiger partial charge is 0.0946 e. The number of ether oxygens (including phenoxy) is 2. The Balaban J connectivity index is 1.89. The predicted molar refractivity (Wildman–Crippen MR) is 79.2 cm³/mol. The lowest BCUT2D eigenvalue weighted by atomic mass is 9.79. The quantitative estimate of drug-likeness (QED) is 0.733. The summed E-state index contributed by atoms with van der Waals surface area (Å²) < 4.78 is 10.8. The molecule has 0 radical (unpaired) electrons. The van der Waals surface area contributed by atoms with Gasteiger partial charge in [-0.1, -0.05) is 6.08 Å². The number of rotatable bonds is 4. The second kappa shape index (κ2) is 7.81. The molecule has 0 spiro atoms. The second-order valence-corrected chi connectivity index (χ2v) is 6.22. The summed E-state index contributed by atoms with van der Waals surface area (Å²) in [5, 5.41) is 9.46. The van der Waals surface area contributed by atoms with Gasteiger partial charge in [-0.15, -0.1) is 0 Å². The minimum absolute atomic E-state index is 0.406. The predicted octanol–water partition coefficient (Wildman–Crippen LogP) is 3.85. The maximum Gasteiger partial charge on any atom is 0.0946 e. The summed E-state index contributed by atoms with van der Waals surface area (Å²) >= 11 is 0. The van der Waals surface area contributed by atoms with Crippen LogP contribution in [0, 0.1) is 23.2 Å². The Bertz CT molecular complexity index is 356. The molecule has 3 heteroatoms. The normalized spacial score (nSPS) is 35.5. The molecule has 2 aliphatic carbocycles. The van der Waals surface area contributed by atoms with Crippen LogP contribution in [0.25, 0.3) is 0 Å². The summed E-state index contributed by atoms with van der Waals surface area (Å²) in [6.07, 6.45) is 12.1. The van der Waals surface area contributed by atoms with Gasteiger partial charge >= 0.3 is 0 Å². The Hall–Kier alpha value is -0.850. The van der Waals surface area contributed by atoms with Crippen molar-refractivity contribution in [3.05, 3.63) is 11.6 Å². The van der Waals surface area contributed by atoms with Crippen LogP contribution in [0.5, 0.6) is 0 Å². The third-order valence-corrected chi connectivity index (χ3v) is 5.04. The van der Waals surface area contributed by atoms with E-state index < -0.39 is 0 Å². The fourth-order valence-electron chi connectivity index (χ4n) is 3.62. The molecule has 0 atom stereocenters. The van der Waals surface area contributed by atoms with E-state index in [1.807, 2.05) is 0 Å². The van der Waals surface area contributed by atoms with Crippen molar-refractivity contribution in [2.24, 2.45) is 11.8 Å². The second-order valence-electron chi connectivity index (χ2n) is 6.22. The van der Waals surface area contributed by atoms with E-state index in [0.29, 0.717) is 24.0 Å². The van der Waals surface area contributed by atoms with Gasteiger partial charge < -0.3 is 9.47 Å². The summed E-state index contributed by atoms with van der Waals surface area (Å²) in [4.78, 5) is 0. The molecule has 2 fully saturated rings. The zero-order valence-electron chi connectivity index (χ0n) is 12.8. The molecule has 0 aliphatic heterocycles. The van der Waals surface area contributed by atoms with Crippen LogP contribution in [-0.2, 0) is 9.47 Å². The third kappa shape index (κ3) is 4.07. The van der Waals surface area contributed by atoms with Crippen LogP contribution < -0.4 is 0 Å². The van der Waals surface area contributed by atoms with Crippen molar-refractivity contribution in [2.75, 3.05) is 14.2 Å². The highest BCUT2D eigenvalue weighted by Gasteiger charge is 2.25. The van der Waals surface area contributed by atoms with Crippen molar-refractivity contribution >= 4 is 0 Å². The van der Waals surface area contributed by atoms with Crippen molar-refractivity contribution in [1.82, 2.24) is 0 Å². The zero-order valence-corrected chi connectivity index (χ0v) is 12.8. The summed E-state index contributed by atoms with van der Waals surface area (Å²) in [5.74, 6) is 1.04. The summed E-state index contributed by atoms with van der Waals surface area (Å²) in [5.41, 5.74) is 1.03. The SMILES string of the molecule is COC1CCC(C=C(C#N)C2CCC(OC)CC2)CC1. The third-order valence-electron chi connectivity index (χ3n) is 5.04. The highest BCUT2D eigenvalue weighted by molar-refractivity contribution is 5.25. The molecule has 3 nitrogen and oxygen atoms in total. The molecule has 0 N–H and O–H groups in total. The van der Waals surface area contributed by atoms with Crippen LogP contribution >= 0.6 is 0 Å². The van der Waals surface area contributed by atoms with E-state index in [4.69, 9.17) is 9.47 Å². The van der Waals surface area contributed by atoms with Crippen LogP contribution in [0.3, 0.4) is 0 Å². The fourth-order valence-corrected chi connectivity index (χ4v) is 3.62. The fraction of sp³-hybridized carbons (Fsp3) is 0.824. The van der Waals surface area contributed by atoms with Crippen LogP contribution in [0.15, 0.2) is 11.6 Å². The number of allylic oxidation sites excluding steroid dienone is 2. The molecular weight excluding hydrogens is 250 g/mol. The van der Waals surface area contributed by atoms with E-state index in [2.05, 4.69) is 12.1 Å². The standard InChI is InChI=1S/C17H27NO2/c1-19-16-7-3-13(4-8-16)11-15(12-18)14-5-9-17(20-2)10-6-14/h11,13-14,16-17H,3-10H2,1-2H3. The number of nitrogens with zero attached hydrogens (tertiary/aromatic N) is 1. The average molecular weight is 277 g/mol. The largest absolute Gasteiger partial charge is 0.381 e. The van der Waals surface area contributed by atoms with Gasteiger partial charge in [0.25, 0.3) is 0 Å². The minimum Gasteiger partial charge on any atom is -0.381 e. The van der Waals surface area contributed by atoms with E-state index >= 15 is 0 Å². The maximum absolute atomic E-state index is 9.46. The monoisotopic (exact) mass is 277 g/mol. The van der Waals surface area contributed by atoms with Gasteiger partial charge in [0, 0.05) is 19.8 Å². The topological polar surface area (TPSA) is 42.2 Å². The van der Waals surface area contributed by atoms with Gasteiger partial charge in [0.1, 0.15) is 0 Å². The van der Waals surface area contributed by atoms with Gasteiger partial charge in [0.2, 0.25) is 0 Å². The molecule has 0 aromatic rings. The molecule has 2 rings (SSSR count). The molecule has 2 aliphatic rings. The van der Waals surface area contributed by atoms with E-state index in [-0.39, 0.29) is 0 Å². The minimum atomic E-state index is 0.406. The molecule has 0 bridgehead atoms. The molecule has 0 aromatic heterocycles. The zero-order chi connectivity index (χ0) is 14.4. The molecule has 0 saturated heterocycles. The first-order chi connectivity index (χ1) is 9.76. The van der Waals surface area contributed by atoms with E-state index in [1.54, 1.807) is 14.2 Å². The van der Waals surface area contributed by atoms with Gasteiger partial charge in [-0.25, -0.2) is 0 Å². The van der Waals surface area contributed by atoms with Crippen molar-refractivity contribution in [3.63, 3.8) is 0 Å². The van der Waals surface area contributed by atoms with Crippen molar-refractivity contribution < 1.29 is 9.47 Å². The Morgan fingerprint density at radius 3 is 1.85 bits per heavy atom. The number of nitriles is 1. The van der Waals surface area contributed by atoms with Crippen molar-refractivity contribution in [2.45, 2.75) is 63.6 Å². The van der Waals surface area contributed by atoms with Crippen LogP contribution in [0.2, 0.25) is 0 Å². The first kappa shape index (κ1) is 15.5. The molecule has 0 heterocycles. The summed E-state index contributed by atoms with van der Waals surface area (Å²) in [7, 11) is 3.59. The lowest BCUT2D eigenvalue weighted by molar-refractivity contribution is 0.0601. The van der Waals surface area contributed by atoms with Crippen LogP contribution in [0.4, 0.5) is 0 Å². The van der Waals surface area contributed by atoms with Gasteiger partial charge in [0.15, 0.2) is 0 Å². The highest BCUT2D eigenvalue weighted by atomic mass is 16.5. The number of methoxy groups -OCH3 is 2. The van der Waals surface area contributed by atoms with Gasteiger partial charge in [-0.2, -0.15) is 5.26 Å². The Morgan fingerprint density at radius 1 is 0.900 bits per heavy atom. The van der Waals surface area contributed by atoms with E-state index in [9.17, 15) is 5.26 Å². The highest BCUT2D eigenvalue weighted by Crippen LogP contribution is 2.34. The Morgan fingerprint density at radius 2 is 1.40 bits per heavy atom. The first-order valence-electron chi connectivity index (χ1n) is 7.94. The average Bonchev–Trinajstić information content (AvgIpc) is 2.53. The van der Waals surface area contributed by atoms with Gasteiger partial charge in [-0.05, 0) is 63.2 Å². The molecule has 20 heavy (non-hydrogen) atoms. The molecule has 112 valence electrons.